The fraction of sp³-hybridized carbons (Fsp3) is 0.318. The molecule has 0 radical (unpaired) electrons. The first-order chi connectivity index (χ1) is 14.2. The van der Waals surface area contributed by atoms with Gasteiger partial charge < -0.3 is 10.0 Å². The molecule has 0 bridgehead atoms. The minimum absolute atomic E-state index is 0.0466. The third kappa shape index (κ3) is 3.86. The number of benzene rings is 1. The van der Waals surface area contributed by atoms with Crippen LogP contribution in [0.2, 0.25) is 0 Å². The number of fused-ring (bicyclic) bond motifs is 1. The molecule has 1 aliphatic carbocycles. The highest BCUT2D eigenvalue weighted by Gasteiger charge is 2.31. The molecule has 1 unspecified atom stereocenters. The number of rotatable bonds is 7. The van der Waals surface area contributed by atoms with E-state index in [1.165, 1.54) is 6.08 Å². The standard InChI is InChI=1S/C22H25N5O2/c1-2-22(29)25(16-17-11-12-26(24-17)18-7-4-3-5-8-18)20-9-6-10-21-19(20)15-23-27(21)13-14-28/h2-5,7-8,11-12,15,20,28H,1,6,9-10,13-14,16H2. The minimum atomic E-state index is -0.119. The number of para-hydroxylation sites is 1. The average molecular weight is 391 g/mol. The van der Waals surface area contributed by atoms with Crippen molar-refractivity contribution in [1.29, 1.82) is 0 Å². The van der Waals surface area contributed by atoms with Gasteiger partial charge in [-0.2, -0.15) is 10.2 Å². The molecule has 1 N–H and O–H groups in total. The van der Waals surface area contributed by atoms with Crippen molar-refractivity contribution >= 4 is 5.91 Å². The van der Waals surface area contributed by atoms with E-state index in [1.807, 2.05) is 63.1 Å². The van der Waals surface area contributed by atoms with Crippen LogP contribution in [0.4, 0.5) is 0 Å². The van der Waals surface area contributed by atoms with E-state index < -0.39 is 0 Å². The largest absolute Gasteiger partial charge is 0.394 e. The molecule has 2 heterocycles. The molecule has 1 aromatic carbocycles. The molecule has 1 aliphatic rings. The van der Waals surface area contributed by atoms with Crippen molar-refractivity contribution in [3.63, 3.8) is 0 Å². The Kier molecular flexibility index (Phi) is 5.57. The highest BCUT2D eigenvalue weighted by Crippen LogP contribution is 2.35. The van der Waals surface area contributed by atoms with Gasteiger partial charge in [0, 0.05) is 17.5 Å². The monoisotopic (exact) mass is 391 g/mol. The lowest BCUT2D eigenvalue weighted by atomic mass is 9.91. The lowest BCUT2D eigenvalue weighted by Gasteiger charge is -2.33. The van der Waals surface area contributed by atoms with Crippen LogP contribution in [0.1, 0.15) is 35.8 Å². The molecule has 0 fully saturated rings. The Morgan fingerprint density at radius 1 is 1.31 bits per heavy atom. The number of amides is 1. The zero-order valence-corrected chi connectivity index (χ0v) is 16.3. The lowest BCUT2D eigenvalue weighted by molar-refractivity contribution is -0.129. The smallest absolute Gasteiger partial charge is 0.246 e. The van der Waals surface area contributed by atoms with Crippen molar-refractivity contribution in [2.45, 2.75) is 38.4 Å². The molecular weight excluding hydrogens is 366 g/mol. The van der Waals surface area contributed by atoms with Gasteiger partial charge in [-0.1, -0.05) is 24.8 Å². The second-order valence-electron chi connectivity index (χ2n) is 7.16. The van der Waals surface area contributed by atoms with Crippen molar-refractivity contribution in [2.24, 2.45) is 0 Å². The third-order valence-corrected chi connectivity index (χ3v) is 5.37. The molecule has 0 spiro atoms. The first-order valence-electron chi connectivity index (χ1n) is 9.89. The van der Waals surface area contributed by atoms with Gasteiger partial charge in [0.05, 0.1) is 43.3 Å². The van der Waals surface area contributed by atoms with Crippen LogP contribution in [0.5, 0.6) is 0 Å². The second kappa shape index (κ2) is 8.45. The SMILES string of the molecule is C=CC(=O)N(Cc1ccn(-c2ccccc2)n1)C1CCCc2c1cnn2CCO. The van der Waals surface area contributed by atoms with Gasteiger partial charge in [0.25, 0.3) is 0 Å². The third-order valence-electron chi connectivity index (χ3n) is 5.37. The molecule has 4 rings (SSSR count). The summed E-state index contributed by atoms with van der Waals surface area (Å²) in [6.45, 7) is 4.61. The molecule has 1 atom stereocenters. The predicted molar refractivity (Wildman–Crippen MR) is 109 cm³/mol. The topological polar surface area (TPSA) is 76.2 Å². The van der Waals surface area contributed by atoms with E-state index in [9.17, 15) is 9.90 Å². The van der Waals surface area contributed by atoms with Gasteiger partial charge in [-0.25, -0.2) is 4.68 Å². The molecule has 29 heavy (non-hydrogen) atoms. The van der Waals surface area contributed by atoms with Crippen LogP contribution in [0.3, 0.4) is 0 Å². The molecule has 7 heteroatoms. The summed E-state index contributed by atoms with van der Waals surface area (Å²) in [7, 11) is 0. The van der Waals surface area contributed by atoms with Crippen LogP contribution < -0.4 is 0 Å². The summed E-state index contributed by atoms with van der Waals surface area (Å²) >= 11 is 0. The Bertz CT molecular complexity index is 992. The molecule has 3 aromatic rings. The van der Waals surface area contributed by atoms with Crippen LogP contribution >= 0.6 is 0 Å². The molecule has 0 saturated carbocycles. The molecule has 0 aliphatic heterocycles. The van der Waals surface area contributed by atoms with Gasteiger partial charge in [-0.3, -0.25) is 9.48 Å². The summed E-state index contributed by atoms with van der Waals surface area (Å²) in [4.78, 5) is 14.6. The number of nitrogens with zero attached hydrogens (tertiary/aromatic N) is 5. The lowest BCUT2D eigenvalue weighted by Crippen LogP contribution is -2.35. The molecule has 7 nitrogen and oxygen atoms in total. The predicted octanol–water partition coefficient (Wildman–Crippen LogP) is 2.65. The summed E-state index contributed by atoms with van der Waals surface area (Å²) in [5.41, 5.74) is 3.96. The molecule has 1 amide bonds. The van der Waals surface area contributed by atoms with Crippen LogP contribution in [0.15, 0.2) is 61.4 Å². The maximum Gasteiger partial charge on any atom is 0.246 e. The van der Waals surface area contributed by atoms with Gasteiger partial charge >= 0.3 is 0 Å². The van der Waals surface area contributed by atoms with Crippen molar-refractivity contribution in [2.75, 3.05) is 6.61 Å². The Hall–Kier alpha value is -3.19. The van der Waals surface area contributed by atoms with E-state index in [0.29, 0.717) is 13.1 Å². The van der Waals surface area contributed by atoms with Crippen LogP contribution in [0.25, 0.3) is 5.69 Å². The van der Waals surface area contributed by atoms with Crippen molar-refractivity contribution in [3.8, 4) is 5.69 Å². The first-order valence-corrected chi connectivity index (χ1v) is 9.89. The Morgan fingerprint density at radius 3 is 2.90 bits per heavy atom. The summed E-state index contributed by atoms with van der Waals surface area (Å²) in [5, 5.41) is 18.4. The van der Waals surface area contributed by atoms with Crippen molar-refractivity contribution in [3.05, 3.63) is 78.4 Å². The van der Waals surface area contributed by atoms with E-state index >= 15 is 0 Å². The Balaban J connectivity index is 1.61. The van der Waals surface area contributed by atoms with Crippen LogP contribution in [0, 0.1) is 0 Å². The first kappa shape index (κ1) is 19.1. The normalized spacial score (nSPS) is 15.7. The molecule has 150 valence electrons. The average Bonchev–Trinajstić information content (AvgIpc) is 3.40. The number of hydrogen-bond donors (Lipinski definition) is 1. The van der Waals surface area contributed by atoms with Gasteiger partial charge in [0.2, 0.25) is 5.91 Å². The van der Waals surface area contributed by atoms with E-state index in [-0.39, 0.29) is 18.6 Å². The summed E-state index contributed by atoms with van der Waals surface area (Å²) < 4.78 is 3.67. The summed E-state index contributed by atoms with van der Waals surface area (Å²) in [5.74, 6) is -0.119. The minimum Gasteiger partial charge on any atom is -0.394 e. The van der Waals surface area contributed by atoms with Gasteiger partial charge in [0.15, 0.2) is 0 Å². The van der Waals surface area contributed by atoms with Crippen LogP contribution in [-0.4, -0.2) is 42.1 Å². The number of aromatic nitrogens is 4. The summed E-state index contributed by atoms with van der Waals surface area (Å²) in [6, 6.07) is 11.8. The number of aliphatic hydroxyl groups excluding tert-OH is 1. The van der Waals surface area contributed by atoms with E-state index in [1.54, 1.807) is 0 Å². The maximum absolute atomic E-state index is 12.7. The highest BCUT2D eigenvalue weighted by atomic mass is 16.3. The quantitative estimate of drug-likeness (QED) is 0.628. The fourth-order valence-electron chi connectivity index (χ4n) is 4.01. The second-order valence-corrected chi connectivity index (χ2v) is 7.16. The van der Waals surface area contributed by atoms with Crippen molar-refractivity contribution in [1.82, 2.24) is 24.5 Å². The number of aliphatic hydroxyl groups is 1. The molecule has 2 aromatic heterocycles. The molecule has 0 saturated heterocycles. The Morgan fingerprint density at radius 2 is 2.14 bits per heavy atom. The maximum atomic E-state index is 12.7. The fourth-order valence-corrected chi connectivity index (χ4v) is 4.01. The van der Waals surface area contributed by atoms with Gasteiger partial charge in [-0.15, -0.1) is 0 Å². The van der Waals surface area contributed by atoms with E-state index in [0.717, 1.165) is 41.9 Å². The number of carbonyl (C=O) groups excluding carboxylic acids is 1. The highest BCUT2D eigenvalue weighted by molar-refractivity contribution is 5.87. The zero-order valence-electron chi connectivity index (χ0n) is 16.3. The van der Waals surface area contributed by atoms with Gasteiger partial charge in [-0.05, 0) is 43.5 Å². The van der Waals surface area contributed by atoms with E-state index in [4.69, 9.17) is 0 Å². The van der Waals surface area contributed by atoms with Crippen LogP contribution in [-0.2, 0) is 24.3 Å². The van der Waals surface area contributed by atoms with Gasteiger partial charge in [0.1, 0.15) is 0 Å². The Labute approximate surface area is 169 Å². The molecular formula is C22H25N5O2. The zero-order chi connectivity index (χ0) is 20.2. The van der Waals surface area contributed by atoms with Crippen molar-refractivity contribution < 1.29 is 9.90 Å². The summed E-state index contributed by atoms with van der Waals surface area (Å²) in [6.07, 6.45) is 7.85. The number of carbonyl (C=O) groups is 1. The number of hydrogen-bond acceptors (Lipinski definition) is 4. The van der Waals surface area contributed by atoms with E-state index in [2.05, 4.69) is 16.8 Å².